The van der Waals surface area contributed by atoms with Crippen LogP contribution < -0.4 is 5.32 Å². The van der Waals surface area contributed by atoms with Crippen LogP contribution in [0.4, 0.5) is 4.79 Å². The Morgan fingerprint density at radius 1 is 1.35 bits per heavy atom. The number of rotatable bonds is 0. The summed E-state index contributed by atoms with van der Waals surface area (Å²) >= 11 is 0. The molecule has 2 heterocycles. The third-order valence-electron chi connectivity index (χ3n) is 3.90. The molecule has 0 aromatic heterocycles. The molecule has 1 N–H and O–H groups in total. The first kappa shape index (κ1) is 11.1. The predicted molar refractivity (Wildman–Crippen MR) is 64.7 cm³/mol. The summed E-state index contributed by atoms with van der Waals surface area (Å²) in [6.07, 6.45) is -0.161. The molecule has 0 saturated carbocycles. The van der Waals surface area contributed by atoms with Crippen molar-refractivity contribution in [1.29, 1.82) is 0 Å². The largest absolute Gasteiger partial charge is 0.444 e. The van der Waals surface area contributed by atoms with E-state index in [1.807, 2.05) is 25.7 Å². The van der Waals surface area contributed by atoms with E-state index in [0.717, 1.165) is 26.2 Å². The fourth-order valence-electron chi connectivity index (χ4n) is 3.17. The summed E-state index contributed by atoms with van der Waals surface area (Å²) in [5, 5.41) is 3.40. The maximum absolute atomic E-state index is 12.0. The second-order valence-electron chi connectivity index (χ2n) is 6.26. The highest BCUT2D eigenvalue weighted by molar-refractivity contribution is 5.70. The van der Waals surface area contributed by atoms with Gasteiger partial charge < -0.3 is 15.0 Å². The molecule has 2 fully saturated rings. The van der Waals surface area contributed by atoms with Gasteiger partial charge in [-0.15, -0.1) is 0 Å². The maximum atomic E-state index is 12.0. The lowest BCUT2D eigenvalue weighted by Gasteiger charge is -2.31. The molecule has 2 unspecified atom stereocenters. The third-order valence-corrected chi connectivity index (χ3v) is 3.90. The Bertz CT molecular complexity index is 395. The van der Waals surface area contributed by atoms with Gasteiger partial charge in [-0.25, -0.2) is 4.79 Å². The molecule has 0 bridgehead atoms. The second-order valence-corrected chi connectivity index (χ2v) is 6.26. The van der Waals surface area contributed by atoms with E-state index in [1.165, 1.54) is 5.57 Å². The highest BCUT2D eigenvalue weighted by atomic mass is 16.6. The minimum absolute atomic E-state index is 0.161. The van der Waals surface area contributed by atoms with Crippen LogP contribution in [0.15, 0.2) is 11.1 Å². The van der Waals surface area contributed by atoms with Gasteiger partial charge in [0.2, 0.25) is 0 Å². The number of ether oxygens (including phenoxy) is 1. The van der Waals surface area contributed by atoms with E-state index >= 15 is 0 Å². The van der Waals surface area contributed by atoms with Crippen molar-refractivity contribution in [3.05, 3.63) is 11.1 Å². The molecule has 94 valence electrons. The second kappa shape index (κ2) is 3.48. The number of carbonyl (C=O) groups excluding carboxylic acids is 1. The van der Waals surface area contributed by atoms with E-state index in [9.17, 15) is 4.79 Å². The number of nitrogens with zero attached hydrogens (tertiary/aromatic N) is 1. The number of amides is 1. The van der Waals surface area contributed by atoms with Gasteiger partial charge in [-0.05, 0) is 26.3 Å². The quantitative estimate of drug-likeness (QED) is 0.646. The average molecular weight is 236 g/mol. The molecule has 0 aromatic carbocycles. The van der Waals surface area contributed by atoms with Crippen molar-refractivity contribution in [3.8, 4) is 0 Å². The molecular weight excluding hydrogens is 216 g/mol. The van der Waals surface area contributed by atoms with Crippen molar-refractivity contribution >= 4 is 6.09 Å². The van der Waals surface area contributed by atoms with Crippen molar-refractivity contribution in [3.63, 3.8) is 0 Å². The van der Waals surface area contributed by atoms with E-state index in [1.54, 1.807) is 5.57 Å². The van der Waals surface area contributed by atoms with Gasteiger partial charge in [-0.3, -0.25) is 0 Å². The fourth-order valence-corrected chi connectivity index (χ4v) is 3.17. The summed E-state index contributed by atoms with van der Waals surface area (Å²) in [6.45, 7) is 9.49. The van der Waals surface area contributed by atoms with Crippen molar-refractivity contribution < 1.29 is 9.53 Å². The van der Waals surface area contributed by atoms with Crippen LogP contribution in [0.3, 0.4) is 0 Å². The molecule has 1 aliphatic carbocycles. The Balaban J connectivity index is 1.66. The summed E-state index contributed by atoms with van der Waals surface area (Å²) in [5.74, 6) is 1.30. The molecule has 2 saturated heterocycles. The summed E-state index contributed by atoms with van der Waals surface area (Å²) in [5.41, 5.74) is 2.65. The molecule has 0 radical (unpaired) electrons. The average Bonchev–Trinajstić information content (AvgIpc) is 2.71. The topological polar surface area (TPSA) is 41.6 Å². The number of nitrogens with one attached hydrogen (secondary N) is 1. The lowest BCUT2D eigenvalue weighted by Crippen LogP contribution is -2.36. The molecule has 2 atom stereocenters. The molecule has 0 aromatic rings. The highest BCUT2D eigenvalue weighted by Crippen LogP contribution is 2.47. The molecule has 2 aliphatic heterocycles. The molecule has 4 heteroatoms. The van der Waals surface area contributed by atoms with Gasteiger partial charge in [-0.1, -0.05) is 5.57 Å². The minimum Gasteiger partial charge on any atom is -0.444 e. The predicted octanol–water partition coefficient (Wildman–Crippen LogP) is 1.38. The van der Waals surface area contributed by atoms with E-state index in [4.69, 9.17) is 4.74 Å². The standard InChI is InChI=1S/C13H20N2O2/c1-13(2,3)17-12(16)15-6-10-8-4-14-5-9(8)11(10)7-15/h8,10,14H,4-7H2,1-3H3. The minimum atomic E-state index is -0.395. The van der Waals surface area contributed by atoms with Gasteiger partial charge >= 0.3 is 6.09 Å². The zero-order valence-corrected chi connectivity index (χ0v) is 10.7. The van der Waals surface area contributed by atoms with E-state index in [-0.39, 0.29) is 6.09 Å². The van der Waals surface area contributed by atoms with Crippen LogP contribution in [0.2, 0.25) is 0 Å². The van der Waals surface area contributed by atoms with Gasteiger partial charge in [0.05, 0.1) is 0 Å². The Morgan fingerprint density at radius 3 is 2.82 bits per heavy atom. The maximum Gasteiger partial charge on any atom is 0.410 e. The smallest absolute Gasteiger partial charge is 0.410 e. The van der Waals surface area contributed by atoms with Gasteiger partial charge in [0.1, 0.15) is 5.60 Å². The molecule has 3 rings (SSSR count). The number of hydrogen-bond donors (Lipinski definition) is 1. The first-order valence-electron chi connectivity index (χ1n) is 6.36. The Labute approximate surface area is 102 Å². The zero-order valence-electron chi connectivity index (χ0n) is 10.7. The van der Waals surface area contributed by atoms with Crippen LogP contribution in [0.5, 0.6) is 0 Å². The van der Waals surface area contributed by atoms with E-state index in [0.29, 0.717) is 11.8 Å². The molecule has 3 aliphatic rings. The molecule has 1 amide bonds. The normalized spacial score (nSPS) is 31.1. The SMILES string of the molecule is CC(C)(C)OC(=O)N1CC2=C3CNCC3C2C1. The van der Waals surface area contributed by atoms with Crippen molar-refractivity contribution in [1.82, 2.24) is 10.2 Å². The summed E-state index contributed by atoms with van der Waals surface area (Å²) in [4.78, 5) is 13.8. The molecular formula is C13H20N2O2. The number of carbonyl (C=O) groups is 1. The number of hydrogen-bond acceptors (Lipinski definition) is 3. The number of fused-ring (bicyclic) bond motifs is 3. The van der Waals surface area contributed by atoms with Crippen molar-refractivity contribution in [2.45, 2.75) is 26.4 Å². The van der Waals surface area contributed by atoms with Gasteiger partial charge in [0.25, 0.3) is 0 Å². The monoisotopic (exact) mass is 236 g/mol. The van der Waals surface area contributed by atoms with Gasteiger partial charge in [-0.2, -0.15) is 0 Å². The molecule has 0 spiro atoms. The fraction of sp³-hybridized carbons (Fsp3) is 0.769. The van der Waals surface area contributed by atoms with Crippen molar-refractivity contribution in [2.75, 3.05) is 26.2 Å². The van der Waals surface area contributed by atoms with E-state index < -0.39 is 5.60 Å². The third kappa shape index (κ3) is 1.75. The Kier molecular flexibility index (Phi) is 2.27. The van der Waals surface area contributed by atoms with Crippen molar-refractivity contribution in [2.24, 2.45) is 11.8 Å². The van der Waals surface area contributed by atoms with Crippen LogP contribution >= 0.6 is 0 Å². The Morgan fingerprint density at radius 2 is 2.12 bits per heavy atom. The first-order valence-corrected chi connectivity index (χ1v) is 6.36. The lowest BCUT2D eigenvalue weighted by atomic mass is 9.71. The number of likely N-dealkylation sites (tertiary alicyclic amines) is 1. The lowest BCUT2D eigenvalue weighted by molar-refractivity contribution is 0.0289. The summed E-state index contributed by atoms with van der Waals surface area (Å²) in [7, 11) is 0. The zero-order chi connectivity index (χ0) is 12.2. The van der Waals surface area contributed by atoms with Crippen LogP contribution in [-0.2, 0) is 4.74 Å². The van der Waals surface area contributed by atoms with Crippen LogP contribution in [0.1, 0.15) is 20.8 Å². The van der Waals surface area contributed by atoms with Crippen LogP contribution in [0, 0.1) is 11.8 Å². The summed E-state index contributed by atoms with van der Waals surface area (Å²) < 4.78 is 5.42. The van der Waals surface area contributed by atoms with Gasteiger partial charge in [0.15, 0.2) is 0 Å². The summed E-state index contributed by atoms with van der Waals surface area (Å²) in [6, 6.07) is 0. The highest BCUT2D eigenvalue weighted by Gasteiger charge is 2.48. The molecule has 4 nitrogen and oxygen atoms in total. The molecule has 17 heavy (non-hydrogen) atoms. The van der Waals surface area contributed by atoms with Crippen LogP contribution in [0.25, 0.3) is 0 Å². The first-order chi connectivity index (χ1) is 7.96. The van der Waals surface area contributed by atoms with Crippen LogP contribution in [-0.4, -0.2) is 42.8 Å². The Hall–Kier alpha value is -1.03. The van der Waals surface area contributed by atoms with E-state index in [2.05, 4.69) is 5.32 Å². The van der Waals surface area contributed by atoms with Gasteiger partial charge in [0, 0.05) is 38.0 Å².